The molecule has 138 valence electrons. The number of aromatic nitrogens is 2. The zero-order valence-corrected chi connectivity index (χ0v) is 15.3. The molecule has 0 saturated carbocycles. The van der Waals surface area contributed by atoms with Gasteiger partial charge in [-0.05, 0) is 43.7 Å². The molecule has 3 aromatic rings. The molecule has 1 N–H and O–H groups in total. The summed E-state index contributed by atoms with van der Waals surface area (Å²) in [5, 5.41) is 2.82. The second-order valence-electron chi connectivity index (χ2n) is 6.05. The van der Waals surface area contributed by atoms with Gasteiger partial charge >= 0.3 is 0 Å². The van der Waals surface area contributed by atoms with Gasteiger partial charge in [0.05, 0.1) is 0 Å². The normalized spacial score (nSPS) is 10.5. The summed E-state index contributed by atoms with van der Waals surface area (Å²) in [6, 6.07) is 17.6. The van der Waals surface area contributed by atoms with E-state index >= 15 is 0 Å². The smallest absolute Gasteiger partial charge is 0.270 e. The molecule has 1 heterocycles. The minimum absolute atomic E-state index is 0.296. The molecule has 5 nitrogen and oxygen atoms in total. The maximum absolute atomic E-state index is 13.0. The van der Waals surface area contributed by atoms with E-state index in [0.29, 0.717) is 30.4 Å². The van der Waals surface area contributed by atoms with Crippen LogP contribution in [0.2, 0.25) is 0 Å². The molecule has 0 unspecified atom stereocenters. The van der Waals surface area contributed by atoms with Crippen molar-refractivity contribution in [2.24, 2.45) is 0 Å². The molecule has 6 heteroatoms. The highest BCUT2D eigenvalue weighted by Crippen LogP contribution is 2.23. The van der Waals surface area contributed by atoms with Crippen LogP contribution in [0.5, 0.6) is 0 Å². The number of anilines is 2. The minimum Gasteiger partial charge on any atom is -0.347 e. The summed E-state index contributed by atoms with van der Waals surface area (Å²) in [5.74, 6) is 0.592. The molecule has 0 bridgehead atoms. The maximum atomic E-state index is 13.0. The molecule has 0 spiro atoms. The zero-order chi connectivity index (χ0) is 19.2. The number of hydrogen-bond acceptors (Lipinski definition) is 4. The van der Waals surface area contributed by atoms with E-state index in [0.717, 1.165) is 11.3 Å². The van der Waals surface area contributed by atoms with Gasteiger partial charge in [0.15, 0.2) is 0 Å². The van der Waals surface area contributed by atoms with Crippen LogP contribution in [0, 0.1) is 12.7 Å². The first-order valence-electron chi connectivity index (χ1n) is 8.77. The van der Waals surface area contributed by atoms with E-state index < -0.39 is 0 Å². The van der Waals surface area contributed by atoms with Gasteiger partial charge in [-0.25, -0.2) is 14.4 Å². The molecule has 3 rings (SSSR count). The molecule has 0 atom stereocenters. The lowest BCUT2D eigenvalue weighted by molar-refractivity contribution is 0.0945. The van der Waals surface area contributed by atoms with Crippen LogP contribution in [-0.2, 0) is 6.54 Å². The van der Waals surface area contributed by atoms with E-state index in [2.05, 4.69) is 15.3 Å². The highest BCUT2D eigenvalue weighted by atomic mass is 19.1. The third-order valence-electron chi connectivity index (χ3n) is 4.08. The van der Waals surface area contributed by atoms with Gasteiger partial charge in [-0.3, -0.25) is 4.79 Å². The Kier molecular flexibility index (Phi) is 5.76. The van der Waals surface area contributed by atoms with E-state index in [9.17, 15) is 9.18 Å². The second-order valence-corrected chi connectivity index (χ2v) is 6.05. The van der Waals surface area contributed by atoms with Gasteiger partial charge in [0.1, 0.15) is 23.2 Å². The first-order valence-corrected chi connectivity index (χ1v) is 8.77. The number of benzene rings is 2. The molecule has 0 aliphatic heterocycles. The van der Waals surface area contributed by atoms with E-state index in [1.165, 1.54) is 12.1 Å². The first-order chi connectivity index (χ1) is 13.1. The van der Waals surface area contributed by atoms with Crippen molar-refractivity contribution in [3.63, 3.8) is 0 Å². The summed E-state index contributed by atoms with van der Waals surface area (Å²) < 4.78 is 13.0. The standard InChI is InChI=1S/C21H21FN4O/c1-3-26(18-7-5-4-6-8-18)20-13-19(24-15(2)25-20)21(27)23-14-16-9-11-17(22)12-10-16/h4-13H,3,14H2,1-2H3,(H,23,27). The summed E-state index contributed by atoms with van der Waals surface area (Å²) in [6.45, 7) is 4.79. The van der Waals surface area contributed by atoms with Gasteiger partial charge in [-0.15, -0.1) is 0 Å². The van der Waals surface area contributed by atoms with Gasteiger partial charge in [0.25, 0.3) is 5.91 Å². The lowest BCUT2D eigenvalue weighted by Gasteiger charge is -2.22. The SMILES string of the molecule is CCN(c1ccccc1)c1cc(C(=O)NCc2ccc(F)cc2)nc(C)n1. The van der Waals surface area contributed by atoms with Gasteiger partial charge in [-0.1, -0.05) is 30.3 Å². The minimum atomic E-state index is -0.304. The molecule has 0 aliphatic rings. The summed E-state index contributed by atoms with van der Waals surface area (Å²) in [6.07, 6.45) is 0. The Morgan fingerprint density at radius 3 is 2.44 bits per heavy atom. The van der Waals surface area contributed by atoms with Crippen LogP contribution in [0.4, 0.5) is 15.9 Å². The van der Waals surface area contributed by atoms with Crippen LogP contribution in [0.15, 0.2) is 60.7 Å². The third kappa shape index (κ3) is 4.67. The number of amides is 1. The van der Waals surface area contributed by atoms with E-state index in [-0.39, 0.29) is 11.7 Å². The number of nitrogens with one attached hydrogen (secondary N) is 1. The molecule has 1 aromatic heterocycles. The summed E-state index contributed by atoms with van der Waals surface area (Å²) in [4.78, 5) is 23.3. The fraction of sp³-hybridized carbons (Fsp3) is 0.190. The average Bonchev–Trinajstić information content (AvgIpc) is 2.68. The Balaban J connectivity index is 1.79. The Morgan fingerprint density at radius 2 is 1.78 bits per heavy atom. The fourth-order valence-corrected chi connectivity index (χ4v) is 2.77. The molecule has 1 amide bonds. The number of halogens is 1. The number of nitrogens with zero attached hydrogens (tertiary/aromatic N) is 3. The predicted octanol–water partition coefficient (Wildman–Crippen LogP) is 4.01. The third-order valence-corrected chi connectivity index (χ3v) is 4.08. The summed E-state index contributed by atoms with van der Waals surface area (Å²) >= 11 is 0. The van der Waals surface area contributed by atoms with Crippen LogP contribution in [0.3, 0.4) is 0 Å². The average molecular weight is 364 g/mol. The largest absolute Gasteiger partial charge is 0.347 e. The molecule has 2 aromatic carbocycles. The number of rotatable bonds is 6. The van der Waals surface area contributed by atoms with E-state index in [4.69, 9.17) is 0 Å². The first kappa shape index (κ1) is 18.5. The molecule has 27 heavy (non-hydrogen) atoms. The highest BCUT2D eigenvalue weighted by molar-refractivity contribution is 5.93. The number of aryl methyl sites for hydroxylation is 1. The Morgan fingerprint density at radius 1 is 1.07 bits per heavy atom. The van der Waals surface area contributed by atoms with Crippen LogP contribution in [-0.4, -0.2) is 22.4 Å². The van der Waals surface area contributed by atoms with Crippen LogP contribution in [0.1, 0.15) is 28.8 Å². The van der Waals surface area contributed by atoms with Crippen LogP contribution in [0.25, 0.3) is 0 Å². The van der Waals surface area contributed by atoms with Crippen molar-refractivity contribution in [3.8, 4) is 0 Å². The molecule has 0 saturated heterocycles. The maximum Gasteiger partial charge on any atom is 0.270 e. The van der Waals surface area contributed by atoms with Crippen molar-refractivity contribution in [3.05, 3.63) is 83.6 Å². The predicted molar refractivity (Wildman–Crippen MR) is 103 cm³/mol. The van der Waals surface area contributed by atoms with Gasteiger partial charge in [0.2, 0.25) is 0 Å². The lowest BCUT2D eigenvalue weighted by Crippen LogP contribution is -2.25. The van der Waals surface area contributed by atoms with Crippen LogP contribution < -0.4 is 10.2 Å². The topological polar surface area (TPSA) is 58.1 Å². The quantitative estimate of drug-likeness (QED) is 0.718. The number of hydrogen-bond donors (Lipinski definition) is 1. The Bertz CT molecular complexity index is 913. The zero-order valence-electron chi connectivity index (χ0n) is 15.3. The Labute approximate surface area is 157 Å². The van der Waals surface area contributed by atoms with Crippen molar-refractivity contribution >= 4 is 17.4 Å². The number of carbonyl (C=O) groups is 1. The van der Waals surface area contributed by atoms with Crippen molar-refractivity contribution < 1.29 is 9.18 Å². The second kappa shape index (κ2) is 8.40. The van der Waals surface area contributed by atoms with Gasteiger partial charge in [-0.2, -0.15) is 0 Å². The van der Waals surface area contributed by atoms with Crippen LogP contribution >= 0.6 is 0 Å². The summed E-state index contributed by atoms with van der Waals surface area (Å²) in [7, 11) is 0. The molecular formula is C21H21FN4O. The lowest BCUT2D eigenvalue weighted by atomic mass is 10.2. The summed E-state index contributed by atoms with van der Waals surface area (Å²) in [5.41, 5.74) is 2.11. The fourth-order valence-electron chi connectivity index (χ4n) is 2.77. The van der Waals surface area contributed by atoms with E-state index in [1.54, 1.807) is 25.1 Å². The number of carbonyl (C=O) groups excluding carboxylic acids is 1. The van der Waals surface area contributed by atoms with Gasteiger partial charge < -0.3 is 10.2 Å². The monoisotopic (exact) mass is 364 g/mol. The van der Waals surface area contributed by atoms with Crippen molar-refractivity contribution in [1.82, 2.24) is 15.3 Å². The van der Waals surface area contributed by atoms with Gasteiger partial charge in [0, 0.05) is 24.8 Å². The van der Waals surface area contributed by atoms with E-state index in [1.807, 2.05) is 42.2 Å². The molecular weight excluding hydrogens is 343 g/mol. The molecule has 0 aliphatic carbocycles. The van der Waals surface area contributed by atoms with Crippen molar-refractivity contribution in [1.29, 1.82) is 0 Å². The van der Waals surface area contributed by atoms with Crippen molar-refractivity contribution in [2.75, 3.05) is 11.4 Å². The van der Waals surface area contributed by atoms with Crippen molar-refractivity contribution in [2.45, 2.75) is 20.4 Å². The number of para-hydroxylation sites is 1. The Hall–Kier alpha value is -3.28. The molecule has 0 radical (unpaired) electrons. The highest BCUT2D eigenvalue weighted by Gasteiger charge is 2.15. The molecule has 0 fully saturated rings.